The molecule has 1 heterocycles. The Kier molecular flexibility index (Phi) is 5.83. The molecule has 20 heavy (non-hydrogen) atoms. The quantitative estimate of drug-likeness (QED) is 0.828. The summed E-state index contributed by atoms with van der Waals surface area (Å²) in [6.07, 6.45) is 1.13. The number of hydrogen-bond donors (Lipinski definition) is 1. The molecule has 1 aliphatic heterocycles. The smallest absolute Gasteiger partial charge is 0.119 e. The van der Waals surface area contributed by atoms with Crippen molar-refractivity contribution in [3.63, 3.8) is 0 Å². The lowest BCUT2D eigenvalue weighted by atomic mass is 10.0. The molecule has 0 spiro atoms. The van der Waals surface area contributed by atoms with Gasteiger partial charge in [-0.25, -0.2) is 0 Å². The van der Waals surface area contributed by atoms with Gasteiger partial charge < -0.3 is 14.8 Å². The van der Waals surface area contributed by atoms with Crippen molar-refractivity contribution >= 4 is 0 Å². The molecule has 4 heteroatoms. The lowest BCUT2D eigenvalue weighted by molar-refractivity contribution is 0.153. The first-order valence-corrected chi connectivity index (χ1v) is 7.40. The van der Waals surface area contributed by atoms with Crippen molar-refractivity contribution in [2.45, 2.75) is 25.4 Å². The minimum Gasteiger partial charge on any atom is -0.497 e. The molecule has 0 radical (unpaired) electrons. The van der Waals surface area contributed by atoms with Crippen molar-refractivity contribution in [1.82, 2.24) is 10.2 Å². The van der Waals surface area contributed by atoms with E-state index in [1.165, 1.54) is 5.56 Å². The number of hydrogen-bond acceptors (Lipinski definition) is 4. The van der Waals surface area contributed by atoms with Crippen LogP contribution in [-0.2, 0) is 4.74 Å². The zero-order valence-corrected chi connectivity index (χ0v) is 12.8. The first-order valence-electron chi connectivity index (χ1n) is 7.40. The minimum atomic E-state index is 0.320. The summed E-state index contributed by atoms with van der Waals surface area (Å²) in [6.45, 7) is 5.82. The largest absolute Gasteiger partial charge is 0.497 e. The van der Waals surface area contributed by atoms with Crippen LogP contribution in [-0.4, -0.2) is 51.4 Å². The second-order valence-electron chi connectivity index (χ2n) is 5.34. The third-order valence-electron chi connectivity index (χ3n) is 3.95. The average Bonchev–Trinajstić information content (AvgIpc) is 3.01. The molecular weight excluding hydrogens is 252 g/mol. The summed E-state index contributed by atoms with van der Waals surface area (Å²) >= 11 is 0. The van der Waals surface area contributed by atoms with E-state index in [4.69, 9.17) is 9.47 Å². The van der Waals surface area contributed by atoms with Crippen LogP contribution in [0, 0.1) is 0 Å². The van der Waals surface area contributed by atoms with Gasteiger partial charge in [0.25, 0.3) is 0 Å². The van der Waals surface area contributed by atoms with E-state index < -0.39 is 0 Å². The van der Waals surface area contributed by atoms with Crippen LogP contribution in [0.2, 0.25) is 0 Å². The summed E-state index contributed by atoms with van der Waals surface area (Å²) in [4.78, 5) is 2.40. The van der Waals surface area contributed by atoms with E-state index in [1.54, 1.807) is 7.11 Å². The predicted molar refractivity (Wildman–Crippen MR) is 81.3 cm³/mol. The highest BCUT2D eigenvalue weighted by Gasteiger charge is 2.23. The number of nitrogens with one attached hydrogen (secondary N) is 1. The summed E-state index contributed by atoms with van der Waals surface area (Å²) in [7, 11) is 3.90. The van der Waals surface area contributed by atoms with E-state index in [2.05, 4.69) is 42.4 Å². The molecule has 0 saturated carbocycles. The van der Waals surface area contributed by atoms with Gasteiger partial charge in [-0.05, 0) is 37.7 Å². The highest BCUT2D eigenvalue weighted by atomic mass is 16.5. The minimum absolute atomic E-state index is 0.320. The summed E-state index contributed by atoms with van der Waals surface area (Å²) in [6, 6.07) is 9.18. The zero-order valence-electron chi connectivity index (χ0n) is 12.8. The van der Waals surface area contributed by atoms with E-state index in [0.29, 0.717) is 12.1 Å². The first-order chi connectivity index (χ1) is 9.74. The number of benzene rings is 1. The van der Waals surface area contributed by atoms with E-state index in [0.717, 1.165) is 38.5 Å². The van der Waals surface area contributed by atoms with Gasteiger partial charge in [-0.3, -0.25) is 4.90 Å². The Morgan fingerprint density at radius 3 is 3.00 bits per heavy atom. The van der Waals surface area contributed by atoms with Crippen LogP contribution in [0.3, 0.4) is 0 Å². The van der Waals surface area contributed by atoms with Gasteiger partial charge in [-0.2, -0.15) is 0 Å². The Balaban J connectivity index is 2.04. The van der Waals surface area contributed by atoms with Gasteiger partial charge in [0.05, 0.1) is 13.7 Å². The van der Waals surface area contributed by atoms with Crippen molar-refractivity contribution in [3.8, 4) is 5.75 Å². The highest BCUT2D eigenvalue weighted by Crippen LogP contribution is 2.21. The second kappa shape index (κ2) is 7.62. The van der Waals surface area contributed by atoms with E-state index in [1.807, 2.05) is 6.07 Å². The molecular formula is C16H26N2O2. The fraction of sp³-hybridized carbons (Fsp3) is 0.625. The molecule has 1 aromatic carbocycles. The first kappa shape index (κ1) is 15.3. The second-order valence-corrected chi connectivity index (χ2v) is 5.34. The monoisotopic (exact) mass is 278 g/mol. The summed E-state index contributed by atoms with van der Waals surface area (Å²) in [5, 5.41) is 3.57. The number of rotatable bonds is 7. The van der Waals surface area contributed by atoms with Gasteiger partial charge >= 0.3 is 0 Å². The normalized spacial score (nSPS) is 20.3. The Bertz CT molecular complexity index is 405. The molecule has 1 N–H and O–H groups in total. The van der Waals surface area contributed by atoms with Crippen LogP contribution in [0.1, 0.15) is 24.9 Å². The topological polar surface area (TPSA) is 33.7 Å². The van der Waals surface area contributed by atoms with Gasteiger partial charge in [0, 0.05) is 25.2 Å². The van der Waals surface area contributed by atoms with E-state index in [-0.39, 0.29) is 0 Å². The van der Waals surface area contributed by atoms with Crippen molar-refractivity contribution in [1.29, 1.82) is 0 Å². The van der Waals surface area contributed by atoms with Crippen molar-refractivity contribution < 1.29 is 9.47 Å². The SMILES string of the molecule is CCNC(CN(C)C1CCOC1)c1cccc(OC)c1. The van der Waals surface area contributed by atoms with E-state index >= 15 is 0 Å². The lowest BCUT2D eigenvalue weighted by Gasteiger charge is -2.29. The van der Waals surface area contributed by atoms with Crippen molar-refractivity contribution in [2.75, 3.05) is 40.5 Å². The fourth-order valence-corrected chi connectivity index (χ4v) is 2.70. The molecule has 0 aliphatic carbocycles. The molecule has 2 rings (SSSR count). The Morgan fingerprint density at radius 2 is 2.35 bits per heavy atom. The maximum atomic E-state index is 5.48. The molecule has 1 fully saturated rings. The molecule has 0 bridgehead atoms. The predicted octanol–water partition coefficient (Wildman–Crippen LogP) is 2.07. The Hall–Kier alpha value is -1.10. The average molecular weight is 278 g/mol. The third kappa shape index (κ3) is 3.95. The molecule has 112 valence electrons. The summed E-state index contributed by atoms with van der Waals surface area (Å²) < 4.78 is 10.8. The molecule has 0 amide bonds. The molecule has 2 atom stereocenters. The third-order valence-corrected chi connectivity index (χ3v) is 3.95. The number of nitrogens with zero attached hydrogens (tertiary/aromatic N) is 1. The molecule has 1 aromatic rings. The van der Waals surface area contributed by atoms with Crippen LogP contribution in [0.25, 0.3) is 0 Å². The molecule has 4 nitrogen and oxygen atoms in total. The molecule has 1 aliphatic rings. The molecule has 0 aromatic heterocycles. The maximum Gasteiger partial charge on any atom is 0.119 e. The van der Waals surface area contributed by atoms with Gasteiger partial charge in [-0.15, -0.1) is 0 Å². The Labute approximate surface area is 122 Å². The van der Waals surface area contributed by atoms with Crippen LogP contribution in [0.5, 0.6) is 5.75 Å². The maximum absolute atomic E-state index is 5.48. The standard InChI is InChI=1S/C16H26N2O2/c1-4-17-16(11-18(2)14-8-9-20-12-14)13-6-5-7-15(10-13)19-3/h5-7,10,14,16-17H,4,8-9,11-12H2,1-3H3. The van der Waals surface area contributed by atoms with Gasteiger partial charge in [-0.1, -0.05) is 19.1 Å². The van der Waals surface area contributed by atoms with Gasteiger partial charge in [0.15, 0.2) is 0 Å². The van der Waals surface area contributed by atoms with Crippen LogP contribution >= 0.6 is 0 Å². The number of likely N-dealkylation sites (N-methyl/N-ethyl adjacent to an activating group) is 2. The molecule has 1 saturated heterocycles. The van der Waals surface area contributed by atoms with Crippen molar-refractivity contribution in [2.24, 2.45) is 0 Å². The summed E-state index contributed by atoms with van der Waals surface area (Å²) in [5.41, 5.74) is 1.27. The zero-order chi connectivity index (χ0) is 14.4. The Morgan fingerprint density at radius 1 is 1.50 bits per heavy atom. The van der Waals surface area contributed by atoms with Gasteiger partial charge in [0.1, 0.15) is 5.75 Å². The number of ether oxygens (including phenoxy) is 2. The van der Waals surface area contributed by atoms with Crippen molar-refractivity contribution in [3.05, 3.63) is 29.8 Å². The van der Waals surface area contributed by atoms with Crippen LogP contribution in [0.15, 0.2) is 24.3 Å². The lowest BCUT2D eigenvalue weighted by Crippen LogP contribution is -2.39. The van der Waals surface area contributed by atoms with E-state index in [9.17, 15) is 0 Å². The van der Waals surface area contributed by atoms with Crippen LogP contribution < -0.4 is 10.1 Å². The molecule has 2 unspecified atom stereocenters. The summed E-state index contributed by atoms with van der Waals surface area (Å²) in [5.74, 6) is 0.914. The number of methoxy groups -OCH3 is 1. The van der Waals surface area contributed by atoms with Gasteiger partial charge in [0.2, 0.25) is 0 Å². The van der Waals surface area contributed by atoms with Crippen LogP contribution in [0.4, 0.5) is 0 Å². The fourth-order valence-electron chi connectivity index (χ4n) is 2.70. The highest BCUT2D eigenvalue weighted by molar-refractivity contribution is 5.30.